The molecule has 0 radical (unpaired) electrons. The van der Waals surface area contributed by atoms with E-state index in [2.05, 4.69) is 44.3 Å². The van der Waals surface area contributed by atoms with Crippen LogP contribution in [0.1, 0.15) is 63.0 Å². The number of unbranched alkanes of at least 4 members (excludes halogenated alkanes) is 4. The summed E-state index contributed by atoms with van der Waals surface area (Å²) >= 11 is 0. The zero-order valence-corrected chi connectivity index (χ0v) is 21.1. The molecule has 7 nitrogen and oxygen atoms in total. The molecule has 0 amide bonds. The molecule has 1 unspecified atom stereocenters. The number of hydrogen-bond donors (Lipinski definition) is 1. The van der Waals surface area contributed by atoms with Crippen molar-refractivity contribution in [2.45, 2.75) is 64.6 Å². The van der Waals surface area contributed by atoms with E-state index >= 15 is 0 Å². The molecule has 0 bridgehead atoms. The summed E-state index contributed by atoms with van der Waals surface area (Å²) in [4.78, 5) is 23.7. The molecular formula is C28H40O7. The molecule has 1 saturated heterocycles. The Morgan fingerprint density at radius 1 is 1.00 bits per heavy atom. The second kappa shape index (κ2) is 15.5. The highest BCUT2D eigenvalue weighted by Gasteiger charge is 2.32. The topological polar surface area (TPSA) is 91.3 Å². The third kappa shape index (κ3) is 9.96. The molecule has 1 N–H and O–H groups in total. The monoisotopic (exact) mass is 488 g/mol. The molecule has 7 heteroatoms. The molecule has 0 aromatic heterocycles. The second-order valence-corrected chi connectivity index (χ2v) is 9.14. The fourth-order valence-electron chi connectivity index (χ4n) is 3.73. The van der Waals surface area contributed by atoms with Gasteiger partial charge in [0.1, 0.15) is 13.2 Å². The maximum absolute atomic E-state index is 11.9. The van der Waals surface area contributed by atoms with Crippen LogP contribution in [0.4, 0.5) is 0 Å². The lowest BCUT2D eigenvalue weighted by Crippen LogP contribution is -2.40. The van der Waals surface area contributed by atoms with E-state index in [1.54, 1.807) is 6.92 Å². The van der Waals surface area contributed by atoms with Gasteiger partial charge < -0.3 is 24.1 Å². The van der Waals surface area contributed by atoms with Gasteiger partial charge in [-0.2, -0.15) is 0 Å². The first-order valence-corrected chi connectivity index (χ1v) is 12.5. The summed E-state index contributed by atoms with van der Waals surface area (Å²) in [5, 5.41) is 9.06. The van der Waals surface area contributed by atoms with Crippen LogP contribution in [-0.2, 0) is 35.0 Å². The smallest absolute Gasteiger partial charge is 0.335 e. The molecule has 2 rings (SSSR count). The molecule has 1 aromatic rings. The second-order valence-electron chi connectivity index (χ2n) is 9.14. The van der Waals surface area contributed by atoms with E-state index in [1.165, 1.54) is 37.7 Å². The van der Waals surface area contributed by atoms with Crippen molar-refractivity contribution >= 4 is 11.9 Å². The van der Waals surface area contributed by atoms with Crippen molar-refractivity contribution in [3.8, 4) is 0 Å². The highest BCUT2D eigenvalue weighted by molar-refractivity contribution is 5.88. The standard InChI is InChI=1S/C28H40O7/c1-5-6-7-8-9-10-22-11-13-23(14-12-22)24-16-34-28(35-17-24)25(18-32-26(30)20(2)3)19-33-27(31)21(4)15-29/h11-14,24-25,28-29H,2,4-10,15-19H2,1,3H3. The van der Waals surface area contributed by atoms with Crippen molar-refractivity contribution in [2.75, 3.05) is 33.0 Å². The summed E-state index contributed by atoms with van der Waals surface area (Å²) < 4.78 is 22.4. The third-order valence-corrected chi connectivity index (χ3v) is 6.01. The average molecular weight is 489 g/mol. The molecule has 0 spiro atoms. The number of rotatable bonds is 15. The number of benzene rings is 1. The van der Waals surface area contributed by atoms with Gasteiger partial charge in [0.05, 0.1) is 31.3 Å². The molecule has 1 fully saturated rings. The van der Waals surface area contributed by atoms with Crippen molar-refractivity contribution in [1.82, 2.24) is 0 Å². The van der Waals surface area contributed by atoms with Crippen molar-refractivity contribution < 1.29 is 33.6 Å². The predicted molar refractivity (Wildman–Crippen MR) is 134 cm³/mol. The van der Waals surface area contributed by atoms with Crippen LogP contribution in [0.2, 0.25) is 0 Å². The van der Waals surface area contributed by atoms with Gasteiger partial charge in [-0.05, 0) is 30.9 Å². The Kier molecular flexibility index (Phi) is 12.7. The van der Waals surface area contributed by atoms with Crippen LogP contribution in [0.5, 0.6) is 0 Å². The Hall–Kier alpha value is -2.48. The van der Waals surface area contributed by atoms with E-state index in [9.17, 15) is 9.59 Å². The molecule has 1 atom stereocenters. The van der Waals surface area contributed by atoms with Crippen molar-refractivity contribution in [1.29, 1.82) is 0 Å². The molecule has 194 valence electrons. The van der Waals surface area contributed by atoms with Gasteiger partial charge in [0.25, 0.3) is 0 Å². The summed E-state index contributed by atoms with van der Waals surface area (Å²) in [6, 6.07) is 8.62. The zero-order chi connectivity index (χ0) is 25.6. The van der Waals surface area contributed by atoms with Gasteiger partial charge in [0, 0.05) is 11.5 Å². The Morgan fingerprint density at radius 3 is 2.17 bits per heavy atom. The van der Waals surface area contributed by atoms with Gasteiger partial charge in [-0.1, -0.05) is 70.0 Å². The Morgan fingerprint density at radius 2 is 1.60 bits per heavy atom. The maximum Gasteiger partial charge on any atom is 0.335 e. The lowest BCUT2D eigenvalue weighted by molar-refractivity contribution is -0.226. The number of aliphatic hydroxyl groups is 1. The van der Waals surface area contributed by atoms with Gasteiger partial charge >= 0.3 is 11.9 Å². The van der Waals surface area contributed by atoms with E-state index in [4.69, 9.17) is 24.1 Å². The first-order chi connectivity index (χ1) is 16.8. The Labute approximate surface area is 209 Å². The molecule has 1 aliphatic rings. The Bertz CT molecular complexity index is 822. The van der Waals surface area contributed by atoms with E-state index in [1.807, 2.05) is 0 Å². The van der Waals surface area contributed by atoms with Crippen LogP contribution in [-0.4, -0.2) is 56.4 Å². The highest BCUT2D eigenvalue weighted by Crippen LogP contribution is 2.26. The quantitative estimate of drug-likeness (QED) is 0.221. The van der Waals surface area contributed by atoms with E-state index in [0.29, 0.717) is 13.2 Å². The largest absolute Gasteiger partial charge is 0.462 e. The van der Waals surface area contributed by atoms with Gasteiger partial charge in [-0.15, -0.1) is 0 Å². The number of hydrogen-bond acceptors (Lipinski definition) is 7. The van der Waals surface area contributed by atoms with Gasteiger partial charge in [0.2, 0.25) is 0 Å². The normalized spacial score (nSPS) is 18.5. The van der Waals surface area contributed by atoms with E-state index in [0.717, 1.165) is 12.0 Å². The minimum atomic E-state index is -0.720. The van der Waals surface area contributed by atoms with Crippen LogP contribution in [0.25, 0.3) is 0 Å². The summed E-state index contributed by atoms with van der Waals surface area (Å²) in [6.07, 6.45) is 6.73. The van der Waals surface area contributed by atoms with E-state index < -0.39 is 30.8 Å². The molecule has 1 aliphatic heterocycles. The van der Waals surface area contributed by atoms with Gasteiger partial charge in [0.15, 0.2) is 6.29 Å². The summed E-state index contributed by atoms with van der Waals surface area (Å²) in [5.74, 6) is -1.71. The molecular weight excluding hydrogens is 448 g/mol. The van der Waals surface area contributed by atoms with Crippen LogP contribution < -0.4 is 0 Å². The van der Waals surface area contributed by atoms with Crippen molar-refractivity contribution in [2.24, 2.45) is 5.92 Å². The summed E-state index contributed by atoms with van der Waals surface area (Å²) in [6.45, 7) is 11.0. The average Bonchev–Trinajstić information content (AvgIpc) is 2.88. The third-order valence-electron chi connectivity index (χ3n) is 6.01. The predicted octanol–water partition coefficient (Wildman–Crippen LogP) is 4.48. The molecule has 0 aliphatic carbocycles. The SMILES string of the molecule is C=C(C)C(=O)OCC(COC(=O)C(=C)CO)C1OCC(c2ccc(CCCCCCC)cc2)CO1. The first-order valence-electron chi connectivity index (χ1n) is 12.5. The van der Waals surface area contributed by atoms with Crippen LogP contribution in [0.15, 0.2) is 48.6 Å². The number of carbonyl (C=O) groups excluding carboxylic acids is 2. The fraction of sp³-hybridized carbons (Fsp3) is 0.571. The number of aliphatic hydroxyl groups excluding tert-OH is 1. The van der Waals surface area contributed by atoms with E-state index in [-0.39, 0.29) is 30.3 Å². The Balaban J connectivity index is 1.88. The molecule has 35 heavy (non-hydrogen) atoms. The highest BCUT2D eigenvalue weighted by atomic mass is 16.7. The molecule has 1 aromatic carbocycles. The summed E-state index contributed by atoms with van der Waals surface area (Å²) in [7, 11) is 0. The summed E-state index contributed by atoms with van der Waals surface area (Å²) in [5.41, 5.74) is 2.70. The molecule has 1 heterocycles. The maximum atomic E-state index is 11.9. The van der Waals surface area contributed by atoms with Crippen LogP contribution in [0, 0.1) is 5.92 Å². The number of ether oxygens (including phenoxy) is 4. The van der Waals surface area contributed by atoms with Gasteiger partial charge in [-0.3, -0.25) is 0 Å². The van der Waals surface area contributed by atoms with Crippen molar-refractivity contribution in [3.63, 3.8) is 0 Å². The lowest BCUT2D eigenvalue weighted by Gasteiger charge is -2.34. The minimum Gasteiger partial charge on any atom is -0.462 e. The van der Waals surface area contributed by atoms with Crippen LogP contribution in [0.3, 0.4) is 0 Å². The lowest BCUT2D eigenvalue weighted by atomic mass is 9.97. The number of esters is 2. The van der Waals surface area contributed by atoms with Gasteiger partial charge in [-0.25, -0.2) is 9.59 Å². The molecule has 0 saturated carbocycles. The van der Waals surface area contributed by atoms with Crippen LogP contribution >= 0.6 is 0 Å². The van der Waals surface area contributed by atoms with Crippen molar-refractivity contribution in [3.05, 3.63) is 59.7 Å². The fourth-order valence-corrected chi connectivity index (χ4v) is 3.73. The number of carbonyl (C=O) groups is 2. The number of aryl methyl sites for hydroxylation is 1. The minimum absolute atomic E-state index is 0.0577. The first kappa shape index (κ1) is 28.8. The zero-order valence-electron chi connectivity index (χ0n) is 21.1.